The van der Waals surface area contributed by atoms with Crippen molar-refractivity contribution in [2.75, 3.05) is 14.2 Å². The molecule has 2 aromatic heterocycles. The van der Waals surface area contributed by atoms with Crippen LogP contribution in [0.5, 0.6) is 0 Å². The maximum Gasteiger partial charge on any atom is 0.337 e. The number of thiophene rings is 2. The molecule has 9 heteroatoms. The molecule has 0 unspecified atom stereocenters. The van der Waals surface area contributed by atoms with Crippen LogP contribution in [0.2, 0.25) is 0 Å². The zero-order valence-corrected chi connectivity index (χ0v) is 17.1. The summed E-state index contributed by atoms with van der Waals surface area (Å²) in [5, 5.41) is 35.0. The fraction of sp³-hybridized carbons (Fsp3) is 0.300. The predicted molar refractivity (Wildman–Crippen MR) is 105 cm³/mol. The van der Waals surface area contributed by atoms with Gasteiger partial charge in [0.15, 0.2) is 5.41 Å². The molecule has 0 radical (unpaired) electrons. The number of nitrogens with zero attached hydrogens (tertiary/aromatic N) is 2. The topological polar surface area (TPSA) is 120 Å². The molecule has 2 heterocycles. The highest BCUT2D eigenvalue weighted by Crippen LogP contribution is 2.60. The van der Waals surface area contributed by atoms with Crippen molar-refractivity contribution in [1.82, 2.24) is 0 Å². The molecule has 0 bridgehead atoms. The lowest BCUT2D eigenvalue weighted by Gasteiger charge is -2.43. The molecule has 29 heavy (non-hydrogen) atoms. The Kier molecular flexibility index (Phi) is 5.73. The SMILES string of the molecule is COC(=O)C1=C(O)[C@@H](C(=O)OC)[C@H](c2cccs2)C(C#N)(C#N)[C@@H]1c1cccs1. The van der Waals surface area contributed by atoms with Gasteiger partial charge < -0.3 is 14.6 Å². The molecule has 2 aromatic rings. The van der Waals surface area contributed by atoms with Gasteiger partial charge in [-0.15, -0.1) is 22.7 Å². The van der Waals surface area contributed by atoms with E-state index in [0.717, 1.165) is 14.2 Å². The van der Waals surface area contributed by atoms with Crippen molar-refractivity contribution in [1.29, 1.82) is 10.5 Å². The number of rotatable bonds is 4. The first-order valence-electron chi connectivity index (χ1n) is 8.45. The third-order valence-electron chi connectivity index (χ3n) is 5.05. The number of ether oxygens (including phenoxy) is 2. The van der Waals surface area contributed by atoms with E-state index in [1.165, 1.54) is 22.7 Å². The molecule has 1 aliphatic carbocycles. The predicted octanol–water partition coefficient (Wildman–Crippen LogP) is 3.50. The van der Waals surface area contributed by atoms with Gasteiger partial charge in [0.05, 0.1) is 37.8 Å². The third kappa shape index (κ3) is 3.09. The maximum absolute atomic E-state index is 12.7. The number of aliphatic hydroxyl groups excluding tert-OH is 1. The summed E-state index contributed by atoms with van der Waals surface area (Å²) in [5.41, 5.74) is -2.13. The van der Waals surface area contributed by atoms with Crippen LogP contribution in [0.3, 0.4) is 0 Å². The third-order valence-corrected chi connectivity index (χ3v) is 6.94. The lowest BCUT2D eigenvalue weighted by atomic mass is 9.56. The summed E-state index contributed by atoms with van der Waals surface area (Å²) >= 11 is 2.50. The molecule has 0 aromatic carbocycles. The van der Waals surface area contributed by atoms with Crippen molar-refractivity contribution in [2.45, 2.75) is 11.8 Å². The molecule has 0 spiro atoms. The first-order chi connectivity index (χ1) is 14.0. The molecule has 3 atom stereocenters. The van der Waals surface area contributed by atoms with E-state index in [-0.39, 0.29) is 5.57 Å². The van der Waals surface area contributed by atoms with Gasteiger partial charge in [0.2, 0.25) is 0 Å². The van der Waals surface area contributed by atoms with Gasteiger partial charge in [-0.2, -0.15) is 10.5 Å². The van der Waals surface area contributed by atoms with Crippen molar-refractivity contribution >= 4 is 34.6 Å². The van der Waals surface area contributed by atoms with Gasteiger partial charge in [0.25, 0.3) is 0 Å². The highest BCUT2D eigenvalue weighted by molar-refractivity contribution is 7.10. The van der Waals surface area contributed by atoms with E-state index in [2.05, 4.69) is 12.1 Å². The Hall–Kier alpha value is -3.14. The van der Waals surface area contributed by atoms with Crippen LogP contribution in [0, 0.1) is 34.0 Å². The van der Waals surface area contributed by atoms with Gasteiger partial charge in [0, 0.05) is 15.7 Å². The molecular weight excluding hydrogens is 412 g/mol. The number of carbonyl (C=O) groups excluding carboxylic acids is 2. The van der Waals surface area contributed by atoms with Crippen molar-refractivity contribution in [3.63, 3.8) is 0 Å². The van der Waals surface area contributed by atoms with Gasteiger partial charge in [-0.05, 0) is 22.9 Å². The van der Waals surface area contributed by atoms with E-state index in [1.54, 1.807) is 35.0 Å². The van der Waals surface area contributed by atoms with Crippen LogP contribution in [0.25, 0.3) is 0 Å². The molecule has 7 nitrogen and oxygen atoms in total. The van der Waals surface area contributed by atoms with E-state index in [1.807, 2.05) is 0 Å². The standard InChI is InChI=1S/C20H16N2O5S2/c1-26-18(24)13-15(11-5-3-7-28-11)20(9-21,10-22)16(12-6-4-8-29-12)14(17(13)23)19(25)27-2/h3-8,13,15-16,23H,1-2H3/t13-,15-,16+/m0/s1. The summed E-state index contributed by atoms with van der Waals surface area (Å²) in [7, 11) is 2.28. The summed E-state index contributed by atoms with van der Waals surface area (Å²) in [5.74, 6) is -5.83. The normalized spacial score (nSPS) is 23.0. The van der Waals surface area contributed by atoms with Gasteiger partial charge in [-0.3, -0.25) is 4.79 Å². The smallest absolute Gasteiger partial charge is 0.337 e. The molecule has 0 saturated carbocycles. The minimum absolute atomic E-state index is 0.277. The van der Waals surface area contributed by atoms with Crippen LogP contribution < -0.4 is 0 Å². The van der Waals surface area contributed by atoms with Crippen LogP contribution >= 0.6 is 22.7 Å². The van der Waals surface area contributed by atoms with Gasteiger partial charge in [-0.25, -0.2) is 4.79 Å². The lowest BCUT2D eigenvalue weighted by molar-refractivity contribution is -0.147. The van der Waals surface area contributed by atoms with E-state index >= 15 is 0 Å². The van der Waals surface area contributed by atoms with Crippen molar-refractivity contribution in [2.24, 2.45) is 11.3 Å². The number of carbonyl (C=O) groups is 2. The summed E-state index contributed by atoms with van der Waals surface area (Å²) < 4.78 is 9.70. The van der Waals surface area contributed by atoms with E-state index in [4.69, 9.17) is 9.47 Å². The second-order valence-electron chi connectivity index (χ2n) is 6.33. The quantitative estimate of drug-likeness (QED) is 0.740. The molecule has 148 valence electrons. The number of nitriles is 2. The average Bonchev–Trinajstić information content (AvgIpc) is 3.45. The van der Waals surface area contributed by atoms with Crippen LogP contribution in [-0.4, -0.2) is 31.3 Å². The molecule has 0 fully saturated rings. The first-order valence-corrected chi connectivity index (χ1v) is 10.2. The van der Waals surface area contributed by atoms with Crippen LogP contribution in [0.1, 0.15) is 21.6 Å². The Morgan fingerprint density at radius 3 is 2.10 bits per heavy atom. The Morgan fingerprint density at radius 2 is 1.66 bits per heavy atom. The zero-order chi connectivity index (χ0) is 21.2. The van der Waals surface area contributed by atoms with Crippen LogP contribution in [0.15, 0.2) is 46.4 Å². The molecule has 0 amide bonds. The summed E-state index contributed by atoms with van der Waals surface area (Å²) in [4.78, 5) is 26.4. The highest BCUT2D eigenvalue weighted by Gasteiger charge is 2.62. The molecular formula is C20H16N2O5S2. The largest absolute Gasteiger partial charge is 0.511 e. The Bertz CT molecular complexity index is 1010. The first kappa shape index (κ1) is 20.6. The summed E-state index contributed by atoms with van der Waals surface area (Å²) in [6.45, 7) is 0. The molecule has 0 saturated heterocycles. The molecule has 1 aliphatic rings. The summed E-state index contributed by atoms with van der Waals surface area (Å²) in [6.07, 6.45) is 0. The average molecular weight is 428 g/mol. The van der Waals surface area contributed by atoms with Gasteiger partial charge in [0.1, 0.15) is 11.7 Å². The fourth-order valence-corrected chi connectivity index (χ4v) is 5.67. The lowest BCUT2D eigenvalue weighted by Crippen LogP contribution is -2.46. The zero-order valence-electron chi connectivity index (χ0n) is 15.5. The Balaban J connectivity index is 2.44. The number of esters is 2. The van der Waals surface area contributed by atoms with Crippen LogP contribution in [-0.2, 0) is 19.1 Å². The highest BCUT2D eigenvalue weighted by atomic mass is 32.1. The Morgan fingerprint density at radius 1 is 1.07 bits per heavy atom. The number of hydrogen-bond donors (Lipinski definition) is 1. The van der Waals surface area contributed by atoms with Gasteiger partial charge in [-0.1, -0.05) is 12.1 Å². The van der Waals surface area contributed by atoms with Crippen molar-refractivity contribution in [3.05, 3.63) is 56.1 Å². The maximum atomic E-state index is 12.7. The second kappa shape index (κ2) is 8.08. The Labute approximate surface area is 175 Å². The van der Waals surface area contributed by atoms with E-state index < -0.39 is 40.9 Å². The number of hydrogen-bond acceptors (Lipinski definition) is 9. The minimum Gasteiger partial charge on any atom is -0.511 e. The van der Waals surface area contributed by atoms with Crippen molar-refractivity contribution < 1.29 is 24.2 Å². The second-order valence-corrected chi connectivity index (χ2v) is 8.28. The molecule has 3 rings (SSSR count). The van der Waals surface area contributed by atoms with Crippen LogP contribution in [0.4, 0.5) is 0 Å². The number of methoxy groups -OCH3 is 2. The fourth-order valence-electron chi connectivity index (χ4n) is 3.82. The van der Waals surface area contributed by atoms with E-state index in [9.17, 15) is 25.2 Å². The number of aliphatic hydroxyl groups is 1. The monoisotopic (exact) mass is 428 g/mol. The molecule has 0 aliphatic heterocycles. The summed E-state index contributed by atoms with van der Waals surface area (Å²) in [6, 6.07) is 11.0. The van der Waals surface area contributed by atoms with E-state index in [0.29, 0.717) is 9.75 Å². The van der Waals surface area contributed by atoms with Crippen molar-refractivity contribution in [3.8, 4) is 12.1 Å². The minimum atomic E-state index is -1.86. The molecule has 1 N–H and O–H groups in total. The van der Waals surface area contributed by atoms with Gasteiger partial charge >= 0.3 is 11.9 Å².